The van der Waals surface area contributed by atoms with E-state index < -0.39 is 0 Å². The Morgan fingerprint density at radius 1 is 1.12 bits per heavy atom. The van der Waals surface area contributed by atoms with Crippen LogP contribution in [0.15, 0.2) is 34.7 Å². The minimum Gasteiger partial charge on any atom is -0.420 e. The van der Waals surface area contributed by atoms with Gasteiger partial charge >= 0.3 is 0 Å². The van der Waals surface area contributed by atoms with Gasteiger partial charge in [-0.1, -0.05) is 31.0 Å². The third kappa shape index (κ3) is 3.10. The molecular formula is C19H25N3O2. The molecular weight excluding hydrogens is 302 g/mol. The molecule has 1 aliphatic carbocycles. The van der Waals surface area contributed by atoms with Gasteiger partial charge in [0.05, 0.1) is 12.5 Å². The molecule has 1 aliphatic heterocycles. The van der Waals surface area contributed by atoms with Gasteiger partial charge in [-0.15, -0.1) is 10.2 Å². The zero-order valence-electron chi connectivity index (χ0n) is 14.2. The number of ether oxygens (including phenoxy) is 1. The van der Waals surface area contributed by atoms with Gasteiger partial charge in [-0.3, -0.25) is 4.90 Å². The molecule has 5 heteroatoms. The molecule has 2 atom stereocenters. The van der Waals surface area contributed by atoms with Crippen LogP contribution >= 0.6 is 0 Å². The summed E-state index contributed by atoms with van der Waals surface area (Å²) in [4.78, 5) is 2.62. The largest absolute Gasteiger partial charge is 0.420 e. The summed E-state index contributed by atoms with van der Waals surface area (Å²) < 4.78 is 11.5. The van der Waals surface area contributed by atoms with E-state index in [0.717, 1.165) is 37.2 Å². The van der Waals surface area contributed by atoms with E-state index in [1.54, 1.807) is 7.11 Å². The summed E-state index contributed by atoms with van der Waals surface area (Å²) in [5.74, 6) is 2.08. The molecule has 1 saturated carbocycles. The molecule has 2 aliphatic rings. The Kier molecular flexibility index (Phi) is 4.63. The first kappa shape index (κ1) is 15.8. The number of benzene rings is 1. The van der Waals surface area contributed by atoms with Gasteiger partial charge < -0.3 is 9.15 Å². The van der Waals surface area contributed by atoms with Gasteiger partial charge in [-0.2, -0.15) is 0 Å². The first-order chi connectivity index (χ1) is 11.8. The highest BCUT2D eigenvalue weighted by Gasteiger charge is 2.40. The first-order valence-corrected chi connectivity index (χ1v) is 8.97. The predicted octanol–water partition coefficient (Wildman–Crippen LogP) is 3.34. The summed E-state index contributed by atoms with van der Waals surface area (Å²) in [6, 6.07) is 10.7. The van der Waals surface area contributed by atoms with E-state index in [0.29, 0.717) is 11.8 Å². The SMILES string of the molecule is COC[C@@H]1CN(C2CCCC2)C[C@H]1c1nnc(-c2ccccc2)o1. The molecule has 4 rings (SSSR count). The summed E-state index contributed by atoms with van der Waals surface area (Å²) in [6.07, 6.45) is 5.37. The normalized spacial score (nSPS) is 25.5. The topological polar surface area (TPSA) is 51.4 Å². The van der Waals surface area contributed by atoms with E-state index in [2.05, 4.69) is 15.1 Å². The fourth-order valence-corrected chi connectivity index (χ4v) is 4.22. The fourth-order valence-electron chi connectivity index (χ4n) is 4.22. The molecule has 0 amide bonds. The molecule has 0 radical (unpaired) electrons. The smallest absolute Gasteiger partial charge is 0.247 e. The standard InChI is InChI=1S/C19H25N3O2/c1-23-13-15-11-22(16-9-5-6-10-16)12-17(15)19-21-20-18(24-19)14-7-3-2-4-8-14/h2-4,7-8,15-17H,5-6,9-13H2,1H3/t15-,17+/m0/s1. The molecule has 5 nitrogen and oxygen atoms in total. The highest BCUT2D eigenvalue weighted by molar-refractivity contribution is 5.51. The minimum absolute atomic E-state index is 0.274. The lowest BCUT2D eigenvalue weighted by atomic mass is 9.97. The molecule has 1 aromatic carbocycles. The van der Waals surface area contributed by atoms with E-state index in [9.17, 15) is 0 Å². The second-order valence-electron chi connectivity index (χ2n) is 7.03. The predicted molar refractivity (Wildman–Crippen MR) is 91.7 cm³/mol. The number of methoxy groups -OCH3 is 1. The van der Waals surface area contributed by atoms with Crippen molar-refractivity contribution in [2.45, 2.75) is 37.6 Å². The number of hydrogen-bond acceptors (Lipinski definition) is 5. The maximum absolute atomic E-state index is 6.04. The van der Waals surface area contributed by atoms with Crippen LogP contribution in [0, 0.1) is 5.92 Å². The first-order valence-electron chi connectivity index (χ1n) is 8.97. The van der Waals surface area contributed by atoms with Gasteiger partial charge in [-0.05, 0) is 25.0 Å². The lowest BCUT2D eigenvalue weighted by Crippen LogP contribution is -2.31. The van der Waals surface area contributed by atoms with Gasteiger partial charge in [0.15, 0.2) is 0 Å². The van der Waals surface area contributed by atoms with Crippen LogP contribution in [0.3, 0.4) is 0 Å². The molecule has 2 fully saturated rings. The van der Waals surface area contributed by atoms with Crippen molar-refractivity contribution < 1.29 is 9.15 Å². The Morgan fingerprint density at radius 3 is 2.67 bits per heavy atom. The van der Waals surface area contributed by atoms with Gasteiger partial charge in [-0.25, -0.2) is 0 Å². The highest BCUT2D eigenvalue weighted by Crippen LogP contribution is 2.37. The summed E-state index contributed by atoms with van der Waals surface area (Å²) >= 11 is 0. The van der Waals surface area contributed by atoms with Crippen LogP contribution < -0.4 is 0 Å². The average molecular weight is 327 g/mol. The Hall–Kier alpha value is -1.72. The van der Waals surface area contributed by atoms with Crippen molar-refractivity contribution in [3.63, 3.8) is 0 Å². The number of likely N-dealkylation sites (tertiary alicyclic amines) is 1. The lowest BCUT2D eigenvalue weighted by molar-refractivity contribution is 0.140. The molecule has 0 bridgehead atoms. The zero-order valence-corrected chi connectivity index (χ0v) is 14.2. The second-order valence-corrected chi connectivity index (χ2v) is 7.03. The lowest BCUT2D eigenvalue weighted by Gasteiger charge is -2.23. The Bertz CT molecular complexity index is 652. The van der Waals surface area contributed by atoms with Crippen molar-refractivity contribution in [1.29, 1.82) is 0 Å². The van der Waals surface area contributed by atoms with Crippen LogP contribution in [-0.4, -0.2) is 47.9 Å². The third-order valence-corrected chi connectivity index (χ3v) is 5.47. The summed E-state index contributed by atoms with van der Waals surface area (Å²) in [6.45, 7) is 2.83. The number of nitrogens with zero attached hydrogens (tertiary/aromatic N) is 3. The molecule has 2 aromatic rings. The van der Waals surface area contributed by atoms with Gasteiger partial charge in [0.25, 0.3) is 0 Å². The molecule has 1 aromatic heterocycles. The molecule has 2 heterocycles. The van der Waals surface area contributed by atoms with E-state index in [-0.39, 0.29) is 5.92 Å². The van der Waals surface area contributed by atoms with Crippen LogP contribution in [0.1, 0.15) is 37.5 Å². The van der Waals surface area contributed by atoms with E-state index in [1.165, 1.54) is 25.7 Å². The van der Waals surface area contributed by atoms with Crippen molar-refractivity contribution in [2.24, 2.45) is 5.92 Å². The number of aromatic nitrogens is 2. The fraction of sp³-hybridized carbons (Fsp3) is 0.579. The Balaban J connectivity index is 1.54. The van der Waals surface area contributed by atoms with Gasteiger partial charge in [0.1, 0.15) is 0 Å². The Morgan fingerprint density at radius 2 is 1.92 bits per heavy atom. The highest BCUT2D eigenvalue weighted by atomic mass is 16.5. The van der Waals surface area contributed by atoms with Crippen LogP contribution in [0.25, 0.3) is 11.5 Å². The van der Waals surface area contributed by atoms with Crippen molar-refractivity contribution in [3.05, 3.63) is 36.2 Å². The molecule has 0 spiro atoms. The molecule has 0 N–H and O–H groups in total. The van der Waals surface area contributed by atoms with Crippen LogP contribution in [0.4, 0.5) is 0 Å². The maximum atomic E-state index is 6.04. The van der Waals surface area contributed by atoms with Gasteiger partial charge in [0.2, 0.25) is 11.8 Å². The molecule has 0 unspecified atom stereocenters. The quantitative estimate of drug-likeness (QED) is 0.843. The van der Waals surface area contributed by atoms with E-state index >= 15 is 0 Å². The second kappa shape index (κ2) is 7.03. The van der Waals surface area contributed by atoms with Crippen LogP contribution in [-0.2, 0) is 4.74 Å². The minimum atomic E-state index is 0.274. The summed E-state index contributed by atoms with van der Waals surface area (Å²) in [7, 11) is 1.78. The van der Waals surface area contributed by atoms with Crippen molar-refractivity contribution in [1.82, 2.24) is 15.1 Å². The summed E-state index contributed by atoms with van der Waals surface area (Å²) in [5, 5.41) is 8.64. The average Bonchev–Trinajstić information content (AvgIpc) is 3.36. The van der Waals surface area contributed by atoms with Crippen molar-refractivity contribution >= 4 is 0 Å². The third-order valence-electron chi connectivity index (χ3n) is 5.47. The molecule has 1 saturated heterocycles. The zero-order chi connectivity index (χ0) is 16.4. The molecule has 128 valence electrons. The number of hydrogen-bond donors (Lipinski definition) is 0. The van der Waals surface area contributed by atoms with Crippen LogP contribution in [0.5, 0.6) is 0 Å². The number of rotatable bonds is 5. The van der Waals surface area contributed by atoms with Crippen molar-refractivity contribution in [2.75, 3.05) is 26.8 Å². The van der Waals surface area contributed by atoms with E-state index in [1.807, 2.05) is 30.3 Å². The van der Waals surface area contributed by atoms with Gasteiger partial charge in [0, 0.05) is 37.7 Å². The monoisotopic (exact) mass is 327 g/mol. The summed E-state index contributed by atoms with van der Waals surface area (Å²) in [5.41, 5.74) is 0.977. The van der Waals surface area contributed by atoms with E-state index in [4.69, 9.17) is 9.15 Å². The maximum Gasteiger partial charge on any atom is 0.247 e. The van der Waals surface area contributed by atoms with Crippen molar-refractivity contribution in [3.8, 4) is 11.5 Å². The molecule has 24 heavy (non-hydrogen) atoms. The Labute approximate surface area is 143 Å². The van der Waals surface area contributed by atoms with Crippen LogP contribution in [0.2, 0.25) is 0 Å².